The molecule has 5 heteroatoms. The summed E-state index contributed by atoms with van der Waals surface area (Å²) in [5.74, 6) is 0.980. The van der Waals surface area contributed by atoms with Crippen LogP contribution in [0.2, 0.25) is 0 Å². The third-order valence-electron chi connectivity index (χ3n) is 5.53. The van der Waals surface area contributed by atoms with Gasteiger partial charge in [0.25, 0.3) is 0 Å². The Morgan fingerprint density at radius 1 is 1.21 bits per heavy atom. The van der Waals surface area contributed by atoms with Gasteiger partial charge in [-0.3, -0.25) is 9.69 Å². The maximum atomic E-state index is 12.5. The van der Waals surface area contributed by atoms with Crippen LogP contribution in [0.3, 0.4) is 0 Å². The molecule has 0 spiro atoms. The number of hydrogen-bond donors (Lipinski definition) is 1. The van der Waals surface area contributed by atoms with Crippen molar-refractivity contribution in [2.24, 2.45) is 5.92 Å². The van der Waals surface area contributed by atoms with Gasteiger partial charge in [0.2, 0.25) is 5.91 Å². The van der Waals surface area contributed by atoms with Crippen molar-refractivity contribution in [2.75, 3.05) is 39.4 Å². The molecule has 0 unspecified atom stereocenters. The minimum atomic E-state index is 0.119. The lowest BCUT2D eigenvalue weighted by atomic mass is 9.89. The Bertz CT molecular complexity index is 549. The van der Waals surface area contributed by atoms with E-state index in [9.17, 15) is 9.90 Å². The number of benzene rings is 1. The SMILES string of the molecule is C[C@@H](C1CCN(C(=O)Cc2ccccc2O)CC1)N1CCOCC1. The molecule has 1 amide bonds. The van der Waals surface area contributed by atoms with Gasteiger partial charge in [-0.2, -0.15) is 0 Å². The van der Waals surface area contributed by atoms with Crippen molar-refractivity contribution in [1.82, 2.24) is 9.80 Å². The number of phenols is 1. The Kier molecular flexibility index (Phi) is 5.74. The third kappa shape index (κ3) is 4.08. The maximum absolute atomic E-state index is 12.5. The molecule has 5 nitrogen and oxygen atoms in total. The summed E-state index contributed by atoms with van der Waals surface area (Å²) >= 11 is 0. The molecule has 0 aromatic heterocycles. The molecule has 1 N–H and O–H groups in total. The van der Waals surface area contributed by atoms with Gasteiger partial charge in [-0.1, -0.05) is 18.2 Å². The molecule has 3 rings (SSSR count). The zero-order valence-corrected chi connectivity index (χ0v) is 14.5. The number of aromatic hydroxyl groups is 1. The molecule has 0 aliphatic carbocycles. The number of morpholine rings is 1. The fraction of sp³-hybridized carbons (Fsp3) is 0.632. The molecule has 1 aromatic rings. The number of carbonyl (C=O) groups is 1. The molecule has 2 fully saturated rings. The Morgan fingerprint density at radius 3 is 2.54 bits per heavy atom. The molecule has 0 saturated carbocycles. The minimum Gasteiger partial charge on any atom is -0.508 e. The molecular weight excluding hydrogens is 304 g/mol. The van der Waals surface area contributed by atoms with Crippen molar-refractivity contribution >= 4 is 5.91 Å². The van der Waals surface area contributed by atoms with E-state index in [0.717, 1.165) is 52.2 Å². The monoisotopic (exact) mass is 332 g/mol. The van der Waals surface area contributed by atoms with Gasteiger partial charge in [-0.15, -0.1) is 0 Å². The summed E-state index contributed by atoms with van der Waals surface area (Å²) in [6.07, 6.45) is 2.41. The van der Waals surface area contributed by atoms with Crippen LogP contribution < -0.4 is 0 Å². The van der Waals surface area contributed by atoms with E-state index in [1.807, 2.05) is 17.0 Å². The predicted molar refractivity (Wildman–Crippen MR) is 93.0 cm³/mol. The van der Waals surface area contributed by atoms with E-state index in [4.69, 9.17) is 4.74 Å². The molecule has 1 aromatic carbocycles. The second kappa shape index (κ2) is 7.99. The number of piperidine rings is 1. The Hall–Kier alpha value is -1.59. The molecule has 1 atom stereocenters. The molecule has 132 valence electrons. The van der Waals surface area contributed by atoms with E-state index in [1.54, 1.807) is 12.1 Å². The highest BCUT2D eigenvalue weighted by atomic mass is 16.5. The van der Waals surface area contributed by atoms with Crippen molar-refractivity contribution in [3.8, 4) is 5.75 Å². The second-order valence-electron chi connectivity index (χ2n) is 6.91. The summed E-state index contributed by atoms with van der Waals surface area (Å²) in [6, 6.07) is 7.66. The molecule has 2 aliphatic heterocycles. The Balaban J connectivity index is 1.49. The van der Waals surface area contributed by atoms with E-state index < -0.39 is 0 Å². The van der Waals surface area contributed by atoms with Gasteiger partial charge in [0, 0.05) is 37.8 Å². The summed E-state index contributed by atoms with van der Waals surface area (Å²) in [4.78, 5) is 17.0. The molecule has 2 heterocycles. The lowest BCUT2D eigenvalue weighted by molar-refractivity contribution is -0.132. The van der Waals surface area contributed by atoms with Crippen LogP contribution in [0.25, 0.3) is 0 Å². The van der Waals surface area contributed by atoms with Crippen molar-refractivity contribution in [2.45, 2.75) is 32.2 Å². The Morgan fingerprint density at radius 2 is 1.88 bits per heavy atom. The van der Waals surface area contributed by atoms with Crippen molar-refractivity contribution < 1.29 is 14.6 Å². The van der Waals surface area contributed by atoms with Crippen LogP contribution in [-0.2, 0) is 16.0 Å². The van der Waals surface area contributed by atoms with Crippen LogP contribution in [-0.4, -0.2) is 66.2 Å². The zero-order valence-electron chi connectivity index (χ0n) is 14.5. The van der Waals surface area contributed by atoms with Crippen molar-refractivity contribution in [1.29, 1.82) is 0 Å². The second-order valence-corrected chi connectivity index (χ2v) is 6.91. The van der Waals surface area contributed by atoms with E-state index >= 15 is 0 Å². The smallest absolute Gasteiger partial charge is 0.227 e. The molecule has 2 saturated heterocycles. The van der Waals surface area contributed by atoms with Gasteiger partial charge >= 0.3 is 0 Å². The largest absolute Gasteiger partial charge is 0.508 e. The minimum absolute atomic E-state index is 0.119. The van der Waals surface area contributed by atoms with E-state index in [0.29, 0.717) is 17.5 Å². The molecular formula is C19H28N2O3. The number of para-hydroxylation sites is 1. The average molecular weight is 332 g/mol. The highest BCUT2D eigenvalue weighted by Crippen LogP contribution is 2.25. The van der Waals surface area contributed by atoms with Gasteiger partial charge < -0.3 is 14.7 Å². The number of hydrogen-bond acceptors (Lipinski definition) is 4. The molecule has 24 heavy (non-hydrogen) atoms. The third-order valence-corrected chi connectivity index (χ3v) is 5.53. The number of phenolic OH excluding ortho intramolecular Hbond substituents is 1. The predicted octanol–water partition coefficient (Wildman–Crippen LogP) is 1.89. The Labute approximate surface area is 144 Å². The van der Waals surface area contributed by atoms with Crippen LogP contribution in [0.1, 0.15) is 25.3 Å². The number of likely N-dealkylation sites (tertiary alicyclic amines) is 1. The van der Waals surface area contributed by atoms with Crippen LogP contribution in [0.5, 0.6) is 5.75 Å². The number of nitrogens with zero attached hydrogens (tertiary/aromatic N) is 2. The fourth-order valence-electron chi connectivity index (χ4n) is 3.85. The lowest BCUT2D eigenvalue weighted by Gasteiger charge is -2.41. The van der Waals surface area contributed by atoms with Gasteiger partial charge in [0.1, 0.15) is 5.75 Å². The zero-order chi connectivity index (χ0) is 16.9. The highest BCUT2D eigenvalue weighted by Gasteiger charge is 2.30. The van der Waals surface area contributed by atoms with Crippen LogP contribution >= 0.6 is 0 Å². The first kappa shape index (κ1) is 17.2. The van der Waals surface area contributed by atoms with Gasteiger partial charge in [-0.05, 0) is 31.7 Å². The topological polar surface area (TPSA) is 53.0 Å². The summed E-state index contributed by atoms with van der Waals surface area (Å²) in [5, 5.41) is 9.83. The summed E-state index contributed by atoms with van der Waals surface area (Å²) < 4.78 is 5.44. The first-order chi connectivity index (χ1) is 11.6. The quantitative estimate of drug-likeness (QED) is 0.915. The lowest BCUT2D eigenvalue weighted by Crippen LogP contribution is -2.49. The van der Waals surface area contributed by atoms with Crippen LogP contribution in [0, 0.1) is 5.92 Å². The van der Waals surface area contributed by atoms with Gasteiger partial charge in [0.15, 0.2) is 0 Å². The van der Waals surface area contributed by atoms with E-state index in [1.165, 1.54) is 0 Å². The van der Waals surface area contributed by atoms with Crippen LogP contribution in [0.15, 0.2) is 24.3 Å². The summed E-state index contributed by atoms with van der Waals surface area (Å²) in [5.41, 5.74) is 0.714. The number of amides is 1. The van der Waals surface area contributed by atoms with Gasteiger partial charge in [-0.25, -0.2) is 0 Å². The first-order valence-corrected chi connectivity index (χ1v) is 9.01. The molecule has 0 radical (unpaired) electrons. The molecule has 2 aliphatic rings. The average Bonchev–Trinajstić information content (AvgIpc) is 2.64. The fourth-order valence-corrected chi connectivity index (χ4v) is 3.85. The normalized spacial score (nSPS) is 21.6. The van der Waals surface area contributed by atoms with Crippen molar-refractivity contribution in [3.63, 3.8) is 0 Å². The highest BCUT2D eigenvalue weighted by molar-refractivity contribution is 5.79. The number of ether oxygens (including phenoxy) is 1. The van der Waals surface area contributed by atoms with Crippen molar-refractivity contribution in [3.05, 3.63) is 29.8 Å². The number of carbonyl (C=O) groups excluding carboxylic acids is 1. The van der Waals surface area contributed by atoms with Crippen LogP contribution in [0.4, 0.5) is 0 Å². The summed E-state index contributed by atoms with van der Waals surface area (Å²) in [6.45, 7) is 7.68. The summed E-state index contributed by atoms with van der Waals surface area (Å²) in [7, 11) is 0. The van der Waals surface area contributed by atoms with E-state index in [-0.39, 0.29) is 18.1 Å². The standard InChI is InChI=1S/C19H28N2O3/c1-15(20-10-12-24-13-11-20)16-6-8-21(9-7-16)19(23)14-17-4-2-3-5-18(17)22/h2-5,15-16,22H,6-14H2,1H3/t15-/m0/s1. The molecule has 0 bridgehead atoms. The van der Waals surface area contributed by atoms with Gasteiger partial charge in [0.05, 0.1) is 19.6 Å². The maximum Gasteiger partial charge on any atom is 0.227 e. The first-order valence-electron chi connectivity index (χ1n) is 9.01. The number of rotatable bonds is 4. The van der Waals surface area contributed by atoms with E-state index in [2.05, 4.69) is 11.8 Å².